The minimum absolute atomic E-state index is 0.131. The van der Waals surface area contributed by atoms with Gasteiger partial charge in [-0.1, -0.05) is 48.0 Å². The van der Waals surface area contributed by atoms with E-state index in [4.69, 9.17) is 16.6 Å². The van der Waals surface area contributed by atoms with Crippen LogP contribution in [0.1, 0.15) is 22.8 Å². The normalized spacial score (nSPS) is 16.7. The molecule has 2 aromatic carbocycles. The van der Waals surface area contributed by atoms with Crippen molar-refractivity contribution >= 4 is 34.5 Å². The Hall–Kier alpha value is -3.12. The van der Waals surface area contributed by atoms with Gasteiger partial charge in [0.05, 0.1) is 16.2 Å². The van der Waals surface area contributed by atoms with Crippen LogP contribution in [-0.4, -0.2) is 57.6 Å². The molecule has 7 heteroatoms. The number of carbonyl (C=O) groups excluding carboxylic acids is 1. The van der Waals surface area contributed by atoms with Crippen molar-refractivity contribution in [2.75, 3.05) is 19.6 Å². The highest BCUT2D eigenvalue weighted by Gasteiger charge is 2.30. The lowest BCUT2D eigenvalue weighted by Crippen LogP contribution is -2.55. The Bertz CT molecular complexity index is 1130. The predicted molar refractivity (Wildman–Crippen MR) is 117 cm³/mol. The number of carboxylic acid groups (broad SMARTS) is 1. The van der Waals surface area contributed by atoms with Crippen LogP contribution in [0.25, 0.3) is 22.2 Å². The second-order valence-electron chi connectivity index (χ2n) is 7.57. The summed E-state index contributed by atoms with van der Waals surface area (Å²) in [5.41, 5.74) is 3.83. The summed E-state index contributed by atoms with van der Waals surface area (Å²) in [5.74, 6) is -0.131. The zero-order valence-corrected chi connectivity index (χ0v) is 17.6. The van der Waals surface area contributed by atoms with Gasteiger partial charge in [-0.3, -0.25) is 4.79 Å². The smallest absolute Gasteiger partial charge is 0.407 e. The van der Waals surface area contributed by atoms with Crippen molar-refractivity contribution < 1.29 is 14.7 Å². The van der Waals surface area contributed by atoms with Gasteiger partial charge in [-0.2, -0.15) is 0 Å². The number of hydrogen-bond donors (Lipinski definition) is 1. The number of carbonyl (C=O) groups is 2. The summed E-state index contributed by atoms with van der Waals surface area (Å²) in [6.45, 7) is 4.78. The minimum Gasteiger partial charge on any atom is -0.465 e. The van der Waals surface area contributed by atoms with Gasteiger partial charge in [0.25, 0.3) is 5.91 Å². The Balaban J connectivity index is 1.69. The Morgan fingerprint density at radius 1 is 1.13 bits per heavy atom. The Kier molecular flexibility index (Phi) is 5.35. The van der Waals surface area contributed by atoms with E-state index in [1.54, 1.807) is 17.0 Å². The maximum atomic E-state index is 13.1. The fourth-order valence-corrected chi connectivity index (χ4v) is 4.19. The monoisotopic (exact) mass is 423 g/mol. The van der Waals surface area contributed by atoms with E-state index in [9.17, 15) is 14.7 Å². The van der Waals surface area contributed by atoms with Crippen molar-refractivity contribution in [3.63, 3.8) is 0 Å². The molecule has 0 unspecified atom stereocenters. The fraction of sp³-hybridized carbons (Fsp3) is 0.261. The van der Waals surface area contributed by atoms with Gasteiger partial charge in [-0.15, -0.1) is 0 Å². The zero-order chi connectivity index (χ0) is 21.4. The molecule has 6 nitrogen and oxygen atoms in total. The van der Waals surface area contributed by atoms with Crippen LogP contribution in [0.15, 0.2) is 48.5 Å². The third-order valence-corrected chi connectivity index (χ3v) is 6.09. The van der Waals surface area contributed by atoms with Gasteiger partial charge >= 0.3 is 6.09 Å². The van der Waals surface area contributed by atoms with E-state index in [-0.39, 0.29) is 11.9 Å². The SMILES string of the molecule is Cc1c(-c2ccccc2)nc2cc(C(=O)N3CCN(C(=O)O)[C@H](C)C3)ccc2c1Cl. The average Bonchev–Trinajstić information content (AvgIpc) is 2.75. The zero-order valence-electron chi connectivity index (χ0n) is 16.8. The van der Waals surface area contributed by atoms with E-state index >= 15 is 0 Å². The van der Waals surface area contributed by atoms with Crippen molar-refractivity contribution in [3.8, 4) is 11.3 Å². The molecule has 154 valence electrons. The van der Waals surface area contributed by atoms with Gasteiger partial charge in [-0.05, 0) is 31.5 Å². The average molecular weight is 424 g/mol. The molecule has 2 amide bonds. The molecule has 2 heterocycles. The van der Waals surface area contributed by atoms with E-state index in [1.807, 2.05) is 50.2 Å². The number of rotatable bonds is 2. The van der Waals surface area contributed by atoms with Gasteiger partial charge < -0.3 is 14.9 Å². The van der Waals surface area contributed by atoms with E-state index in [0.29, 0.717) is 35.7 Å². The van der Waals surface area contributed by atoms with E-state index in [0.717, 1.165) is 22.2 Å². The largest absolute Gasteiger partial charge is 0.465 e. The number of piperazine rings is 1. The van der Waals surface area contributed by atoms with E-state index < -0.39 is 6.09 Å². The minimum atomic E-state index is -0.956. The molecule has 0 saturated carbocycles. The number of aromatic nitrogens is 1. The van der Waals surface area contributed by atoms with Crippen molar-refractivity contribution in [1.29, 1.82) is 0 Å². The summed E-state index contributed by atoms with van der Waals surface area (Å²) in [6, 6.07) is 14.9. The Morgan fingerprint density at radius 2 is 1.87 bits per heavy atom. The van der Waals surface area contributed by atoms with Gasteiger partial charge in [0.15, 0.2) is 0 Å². The molecule has 0 aliphatic carbocycles. The van der Waals surface area contributed by atoms with Crippen LogP contribution in [0.3, 0.4) is 0 Å². The molecule has 4 rings (SSSR count). The van der Waals surface area contributed by atoms with Crippen molar-refractivity contribution in [2.45, 2.75) is 19.9 Å². The lowest BCUT2D eigenvalue weighted by Gasteiger charge is -2.38. The third kappa shape index (κ3) is 3.59. The van der Waals surface area contributed by atoms with Crippen LogP contribution >= 0.6 is 11.6 Å². The molecule has 1 aliphatic heterocycles. The highest BCUT2D eigenvalue weighted by Crippen LogP contribution is 2.33. The highest BCUT2D eigenvalue weighted by molar-refractivity contribution is 6.36. The molecular weight excluding hydrogens is 402 g/mol. The molecule has 1 aliphatic rings. The molecule has 0 spiro atoms. The number of benzene rings is 2. The Labute approximate surface area is 179 Å². The van der Waals surface area contributed by atoms with Crippen molar-refractivity contribution in [1.82, 2.24) is 14.8 Å². The number of hydrogen-bond acceptors (Lipinski definition) is 3. The van der Waals surface area contributed by atoms with E-state index in [2.05, 4.69) is 0 Å². The quantitative estimate of drug-likeness (QED) is 0.649. The van der Waals surface area contributed by atoms with Crippen molar-refractivity contribution in [3.05, 3.63) is 64.7 Å². The fourth-order valence-electron chi connectivity index (χ4n) is 3.94. The first-order valence-corrected chi connectivity index (χ1v) is 10.2. The van der Waals surface area contributed by atoms with Crippen molar-refractivity contribution in [2.24, 2.45) is 0 Å². The first-order chi connectivity index (χ1) is 14.4. The summed E-state index contributed by atoms with van der Waals surface area (Å²) >= 11 is 6.63. The summed E-state index contributed by atoms with van der Waals surface area (Å²) in [5, 5.41) is 10.7. The molecule has 1 fully saturated rings. The highest BCUT2D eigenvalue weighted by atomic mass is 35.5. The first kappa shape index (κ1) is 20.2. The summed E-state index contributed by atoms with van der Waals surface area (Å²) in [7, 11) is 0. The topological polar surface area (TPSA) is 73.7 Å². The predicted octanol–water partition coefficient (Wildman–Crippen LogP) is 4.69. The molecule has 1 N–H and O–H groups in total. The summed E-state index contributed by atoms with van der Waals surface area (Å²) < 4.78 is 0. The molecule has 30 heavy (non-hydrogen) atoms. The molecule has 1 saturated heterocycles. The van der Waals surface area contributed by atoms with Gasteiger partial charge in [0.1, 0.15) is 0 Å². The molecule has 0 bridgehead atoms. The number of halogens is 1. The number of amides is 2. The third-order valence-electron chi connectivity index (χ3n) is 5.61. The second-order valence-corrected chi connectivity index (χ2v) is 7.95. The maximum absolute atomic E-state index is 13.1. The lowest BCUT2D eigenvalue weighted by molar-refractivity contribution is 0.0507. The number of fused-ring (bicyclic) bond motifs is 1. The summed E-state index contributed by atoms with van der Waals surface area (Å²) in [6.07, 6.45) is -0.956. The first-order valence-electron chi connectivity index (χ1n) is 9.81. The number of nitrogens with zero attached hydrogens (tertiary/aromatic N) is 3. The van der Waals surface area contributed by atoms with E-state index in [1.165, 1.54) is 4.90 Å². The number of pyridine rings is 1. The van der Waals surface area contributed by atoms with Gasteiger partial charge in [0, 0.05) is 42.2 Å². The van der Waals surface area contributed by atoms with Crippen LogP contribution in [0.2, 0.25) is 5.02 Å². The van der Waals surface area contributed by atoms with Crippen LogP contribution in [0.4, 0.5) is 4.79 Å². The lowest BCUT2D eigenvalue weighted by atomic mass is 10.0. The van der Waals surface area contributed by atoms with Crippen LogP contribution in [0, 0.1) is 6.92 Å². The molecule has 1 aromatic heterocycles. The molecular formula is C23H22ClN3O3. The van der Waals surface area contributed by atoms with Gasteiger partial charge in [0.2, 0.25) is 0 Å². The van der Waals surface area contributed by atoms with Crippen LogP contribution < -0.4 is 0 Å². The molecule has 0 radical (unpaired) electrons. The second kappa shape index (κ2) is 7.95. The maximum Gasteiger partial charge on any atom is 0.407 e. The van der Waals surface area contributed by atoms with Crippen LogP contribution in [0.5, 0.6) is 0 Å². The standard InChI is InChI=1S/C23H22ClN3O3/c1-14-13-26(10-11-27(14)23(29)30)22(28)17-8-9-18-19(12-17)25-21(15(2)20(18)24)16-6-4-3-5-7-16/h3-9,12,14H,10-11,13H2,1-2H3,(H,29,30)/t14-/m1/s1. The molecule has 3 aromatic rings. The molecule has 1 atom stereocenters. The van der Waals surface area contributed by atoms with Gasteiger partial charge in [-0.25, -0.2) is 9.78 Å². The Morgan fingerprint density at radius 3 is 2.53 bits per heavy atom. The van der Waals surface area contributed by atoms with Crippen LogP contribution in [-0.2, 0) is 0 Å². The summed E-state index contributed by atoms with van der Waals surface area (Å²) in [4.78, 5) is 32.2.